The molecule has 0 radical (unpaired) electrons. The molecule has 17 heavy (non-hydrogen) atoms. The van der Waals surface area contributed by atoms with Gasteiger partial charge in [-0.15, -0.1) is 0 Å². The third-order valence-electron chi connectivity index (χ3n) is 2.48. The zero-order chi connectivity index (χ0) is 12.3. The van der Waals surface area contributed by atoms with Crippen molar-refractivity contribution >= 4 is 17.7 Å². The molecule has 1 aliphatic heterocycles. The number of cyclic esters (lactones) is 1. The van der Waals surface area contributed by atoms with Gasteiger partial charge >= 0.3 is 12.0 Å². The van der Waals surface area contributed by atoms with E-state index in [1.165, 1.54) is 0 Å². The maximum atomic E-state index is 11.4. The van der Waals surface area contributed by atoms with E-state index in [-0.39, 0.29) is 18.6 Å². The van der Waals surface area contributed by atoms with E-state index >= 15 is 0 Å². The van der Waals surface area contributed by atoms with E-state index in [2.05, 4.69) is 10.6 Å². The summed E-state index contributed by atoms with van der Waals surface area (Å²) in [4.78, 5) is 22.6. The topological polar surface area (TPSA) is 67.4 Å². The second-order valence-electron chi connectivity index (χ2n) is 3.83. The fourth-order valence-electron chi connectivity index (χ4n) is 1.62. The Morgan fingerprint density at radius 3 is 3.06 bits per heavy atom. The first-order valence-electron chi connectivity index (χ1n) is 5.55. The lowest BCUT2D eigenvalue weighted by molar-refractivity contribution is 0.0535. The molecule has 2 rings (SSSR count). The molecule has 0 unspecified atom stereocenters. The van der Waals surface area contributed by atoms with Crippen LogP contribution in [-0.4, -0.2) is 18.5 Å². The van der Waals surface area contributed by atoms with Crippen LogP contribution in [0, 0.1) is 0 Å². The maximum Gasteiger partial charge on any atom is 0.338 e. The van der Waals surface area contributed by atoms with Gasteiger partial charge in [-0.25, -0.2) is 9.59 Å². The summed E-state index contributed by atoms with van der Waals surface area (Å²) in [7, 11) is 0. The van der Waals surface area contributed by atoms with E-state index in [1.54, 1.807) is 18.2 Å². The lowest BCUT2D eigenvalue weighted by Crippen LogP contribution is -2.29. The third-order valence-corrected chi connectivity index (χ3v) is 2.48. The molecule has 2 N–H and O–H groups in total. The van der Waals surface area contributed by atoms with Gasteiger partial charge in [0.25, 0.3) is 0 Å². The van der Waals surface area contributed by atoms with E-state index in [4.69, 9.17) is 4.74 Å². The largest absolute Gasteiger partial charge is 0.457 e. The Morgan fingerprint density at radius 1 is 1.47 bits per heavy atom. The minimum absolute atomic E-state index is 0.239. The Kier molecular flexibility index (Phi) is 3.27. The van der Waals surface area contributed by atoms with Crippen LogP contribution in [0.25, 0.3) is 0 Å². The number of urea groups is 1. The van der Waals surface area contributed by atoms with E-state index in [1.807, 2.05) is 6.92 Å². The van der Waals surface area contributed by atoms with Crippen molar-refractivity contribution in [3.8, 4) is 0 Å². The van der Waals surface area contributed by atoms with Crippen molar-refractivity contribution in [3.05, 3.63) is 29.3 Å². The fourth-order valence-corrected chi connectivity index (χ4v) is 1.62. The van der Waals surface area contributed by atoms with Gasteiger partial charge in [-0.05, 0) is 24.6 Å². The molecule has 1 heterocycles. The van der Waals surface area contributed by atoms with Crippen LogP contribution in [0.15, 0.2) is 18.2 Å². The Bertz CT molecular complexity index is 457. The van der Waals surface area contributed by atoms with E-state index in [9.17, 15) is 9.59 Å². The van der Waals surface area contributed by atoms with Gasteiger partial charge < -0.3 is 15.4 Å². The summed E-state index contributed by atoms with van der Waals surface area (Å²) in [5.74, 6) is -0.304. The number of esters is 1. The number of rotatable bonds is 3. The number of hydrogen-bond donors (Lipinski definition) is 2. The van der Waals surface area contributed by atoms with Crippen LogP contribution < -0.4 is 10.6 Å². The Hall–Kier alpha value is -2.04. The summed E-state index contributed by atoms with van der Waals surface area (Å²) in [6, 6.07) is 4.88. The van der Waals surface area contributed by atoms with Gasteiger partial charge in [-0.1, -0.05) is 6.92 Å². The number of fused-ring (bicyclic) bond motifs is 1. The van der Waals surface area contributed by atoms with Gasteiger partial charge in [0.05, 0.1) is 5.56 Å². The standard InChI is InChI=1S/C12H14N2O3/c1-2-5-13-12(16)14-9-3-4-10-8(6-9)7-17-11(10)15/h3-4,6H,2,5,7H2,1H3,(H2,13,14,16). The predicted molar refractivity (Wildman–Crippen MR) is 62.9 cm³/mol. The minimum atomic E-state index is -0.304. The highest BCUT2D eigenvalue weighted by atomic mass is 16.5. The highest BCUT2D eigenvalue weighted by molar-refractivity contribution is 5.95. The number of carbonyl (C=O) groups is 2. The van der Waals surface area contributed by atoms with Gasteiger partial charge in [0.2, 0.25) is 0 Å². The number of anilines is 1. The molecule has 1 aromatic rings. The van der Waals surface area contributed by atoms with Crippen LogP contribution in [0.5, 0.6) is 0 Å². The molecule has 0 spiro atoms. The van der Waals surface area contributed by atoms with Crippen LogP contribution in [-0.2, 0) is 11.3 Å². The predicted octanol–water partition coefficient (Wildman–Crippen LogP) is 1.89. The summed E-state index contributed by atoms with van der Waals surface area (Å²) in [5.41, 5.74) is 2.04. The molecular weight excluding hydrogens is 220 g/mol. The average molecular weight is 234 g/mol. The normalized spacial score (nSPS) is 12.9. The zero-order valence-corrected chi connectivity index (χ0v) is 9.58. The molecule has 0 aliphatic carbocycles. The van der Waals surface area contributed by atoms with Gasteiger partial charge in [0, 0.05) is 17.8 Å². The number of benzene rings is 1. The van der Waals surface area contributed by atoms with Crippen LogP contribution in [0.1, 0.15) is 29.3 Å². The summed E-state index contributed by atoms with van der Waals surface area (Å²) in [6.07, 6.45) is 0.889. The quantitative estimate of drug-likeness (QED) is 0.785. The van der Waals surface area contributed by atoms with Crippen LogP contribution in [0.3, 0.4) is 0 Å². The van der Waals surface area contributed by atoms with E-state index in [0.717, 1.165) is 12.0 Å². The van der Waals surface area contributed by atoms with Crippen LogP contribution in [0.4, 0.5) is 10.5 Å². The average Bonchev–Trinajstić information content (AvgIpc) is 2.68. The van der Waals surface area contributed by atoms with Crippen molar-refractivity contribution in [2.24, 2.45) is 0 Å². The van der Waals surface area contributed by atoms with Gasteiger partial charge in [0.15, 0.2) is 0 Å². The van der Waals surface area contributed by atoms with Crippen LogP contribution >= 0.6 is 0 Å². The lowest BCUT2D eigenvalue weighted by Gasteiger charge is -2.07. The molecule has 0 saturated carbocycles. The molecule has 5 nitrogen and oxygen atoms in total. The molecule has 0 bridgehead atoms. The van der Waals surface area contributed by atoms with Gasteiger partial charge in [-0.3, -0.25) is 0 Å². The van der Waals surface area contributed by atoms with Crippen molar-refractivity contribution in [1.29, 1.82) is 0 Å². The Morgan fingerprint density at radius 2 is 2.29 bits per heavy atom. The summed E-state index contributed by atoms with van der Waals surface area (Å²) in [5, 5.41) is 5.41. The number of hydrogen-bond acceptors (Lipinski definition) is 3. The molecule has 90 valence electrons. The molecule has 2 amide bonds. The Labute approximate surface area is 99.2 Å². The summed E-state index contributed by atoms with van der Waals surface area (Å²) < 4.78 is 4.88. The SMILES string of the molecule is CCCNC(=O)Nc1ccc2c(c1)COC2=O. The number of nitrogens with one attached hydrogen (secondary N) is 2. The van der Waals surface area contributed by atoms with E-state index in [0.29, 0.717) is 17.8 Å². The second kappa shape index (κ2) is 4.86. The zero-order valence-electron chi connectivity index (χ0n) is 9.58. The molecular formula is C12H14N2O3. The van der Waals surface area contributed by atoms with Crippen LogP contribution in [0.2, 0.25) is 0 Å². The number of amides is 2. The van der Waals surface area contributed by atoms with Crippen molar-refractivity contribution in [3.63, 3.8) is 0 Å². The summed E-state index contributed by atoms with van der Waals surface area (Å²) >= 11 is 0. The first-order valence-corrected chi connectivity index (χ1v) is 5.55. The Balaban J connectivity index is 2.03. The first kappa shape index (κ1) is 11.4. The highest BCUT2D eigenvalue weighted by Crippen LogP contribution is 2.23. The summed E-state index contributed by atoms with van der Waals surface area (Å²) in [6.45, 7) is 2.90. The molecule has 5 heteroatoms. The smallest absolute Gasteiger partial charge is 0.338 e. The van der Waals surface area contributed by atoms with Gasteiger partial charge in [-0.2, -0.15) is 0 Å². The molecule has 1 aliphatic rings. The number of carbonyl (C=O) groups excluding carboxylic acids is 2. The van der Waals surface area contributed by atoms with Crippen molar-refractivity contribution < 1.29 is 14.3 Å². The maximum absolute atomic E-state index is 11.4. The molecule has 0 fully saturated rings. The second-order valence-corrected chi connectivity index (χ2v) is 3.83. The molecule has 0 atom stereocenters. The van der Waals surface area contributed by atoms with Crippen molar-refractivity contribution in [1.82, 2.24) is 5.32 Å². The highest BCUT2D eigenvalue weighted by Gasteiger charge is 2.21. The van der Waals surface area contributed by atoms with E-state index < -0.39 is 0 Å². The van der Waals surface area contributed by atoms with Crippen molar-refractivity contribution in [2.45, 2.75) is 20.0 Å². The minimum Gasteiger partial charge on any atom is -0.457 e. The third kappa shape index (κ3) is 2.55. The molecule has 1 aromatic carbocycles. The fraction of sp³-hybridized carbons (Fsp3) is 0.333. The molecule has 0 aromatic heterocycles. The van der Waals surface area contributed by atoms with Crippen molar-refractivity contribution in [2.75, 3.05) is 11.9 Å². The lowest BCUT2D eigenvalue weighted by atomic mass is 10.1. The van der Waals surface area contributed by atoms with Gasteiger partial charge in [0.1, 0.15) is 6.61 Å². The monoisotopic (exact) mass is 234 g/mol. The first-order chi connectivity index (χ1) is 8.20. The molecule has 0 saturated heterocycles. The number of ether oxygens (including phenoxy) is 1.